The largest absolute Gasteiger partial charge is 0.327 e. The van der Waals surface area contributed by atoms with E-state index in [2.05, 4.69) is 48.0 Å². The van der Waals surface area contributed by atoms with Crippen molar-refractivity contribution in [1.82, 2.24) is 4.98 Å². The fourth-order valence-corrected chi connectivity index (χ4v) is 2.03. The second kappa shape index (κ2) is 5.85. The van der Waals surface area contributed by atoms with Gasteiger partial charge in [-0.1, -0.05) is 23.8 Å². The van der Waals surface area contributed by atoms with Gasteiger partial charge >= 0.3 is 0 Å². The molecule has 2 rings (SSSR count). The van der Waals surface area contributed by atoms with Crippen LogP contribution in [0.4, 0.5) is 11.5 Å². The summed E-state index contributed by atoms with van der Waals surface area (Å²) >= 11 is 0. The van der Waals surface area contributed by atoms with Crippen molar-refractivity contribution < 1.29 is 0 Å². The average Bonchev–Trinajstić information content (AvgIpc) is 2.42. The van der Waals surface area contributed by atoms with Crippen LogP contribution < -0.4 is 10.6 Å². The van der Waals surface area contributed by atoms with Gasteiger partial charge in [-0.3, -0.25) is 0 Å². The van der Waals surface area contributed by atoms with Crippen LogP contribution in [0.3, 0.4) is 0 Å². The van der Waals surface area contributed by atoms with E-state index in [1.807, 2.05) is 25.3 Å². The molecule has 3 nitrogen and oxygen atoms in total. The lowest BCUT2D eigenvalue weighted by molar-refractivity contribution is 0.810. The van der Waals surface area contributed by atoms with Crippen molar-refractivity contribution in [3.63, 3.8) is 0 Å². The van der Waals surface area contributed by atoms with E-state index < -0.39 is 0 Å². The predicted octanol–water partition coefficient (Wildman–Crippen LogP) is 3.57. The van der Waals surface area contributed by atoms with E-state index in [9.17, 15) is 0 Å². The van der Waals surface area contributed by atoms with Crippen LogP contribution in [0.5, 0.6) is 0 Å². The molecule has 1 aromatic heterocycles. The van der Waals surface area contributed by atoms with Crippen LogP contribution in [0.15, 0.2) is 42.6 Å². The third-order valence-corrected chi connectivity index (χ3v) is 3.23. The van der Waals surface area contributed by atoms with Crippen molar-refractivity contribution in [1.29, 1.82) is 0 Å². The molecular formula is C16H21N3. The lowest BCUT2D eigenvalue weighted by atomic mass is 10.1. The molecule has 0 bridgehead atoms. The lowest BCUT2D eigenvalue weighted by Gasteiger charge is -2.22. The zero-order chi connectivity index (χ0) is 13.8. The fraction of sp³-hybridized carbons (Fsp3) is 0.312. The van der Waals surface area contributed by atoms with Gasteiger partial charge in [0, 0.05) is 24.5 Å². The summed E-state index contributed by atoms with van der Waals surface area (Å²) in [4.78, 5) is 6.70. The Morgan fingerprint density at radius 1 is 1.16 bits per heavy atom. The third kappa shape index (κ3) is 3.12. The third-order valence-electron chi connectivity index (χ3n) is 3.23. The number of hydrogen-bond donors (Lipinski definition) is 1. The van der Waals surface area contributed by atoms with E-state index in [-0.39, 0.29) is 6.04 Å². The summed E-state index contributed by atoms with van der Waals surface area (Å²) in [6.07, 6.45) is 1.86. The predicted molar refractivity (Wildman–Crippen MR) is 80.7 cm³/mol. The van der Waals surface area contributed by atoms with Crippen molar-refractivity contribution in [2.24, 2.45) is 5.73 Å². The molecule has 100 valence electrons. The quantitative estimate of drug-likeness (QED) is 0.908. The molecule has 0 saturated heterocycles. The normalized spacial score (nSPS) is 12.2. The number of rotatable bonds is 4. The van der Waals surface area contributed by atoms with Gasteiger partial charge in [-0.25, -0.2) is 4.98 Å². The summed E-state index contributed by atoms with van der Waals surface area (Å²) in [5.74, 6) is 0.954. The Balaban J connectivity index is 2.28. The number of pyridine rings is 1. The Labute approximate surface area is 115 Å². The van der Waals surface area contributed by atoms with Crippen LogP contribution in [0, 0.1) is 6.92 Å². The second-order valence-electron chi connectivity index (χ2n) is 4.82. The molecule has 0 fully saturated rings. The van der Waals surface area contributed by atoms with E-state index >= 15 is 0 Å². The van der Waals surface area contributed by atoms with Crippen LogP contribution in [0.1, 0.15) is 31.0 Å². The van der Waals surface area contributed by atoms with Gasteiger partial charge in [-0.2, -0.15) is 0 Å². The van der Waals surface area contributed by atoms with Gasteiger partial charge in [0.2, 0.25) is 0 Å². The van der Waals surface area contributed by atoms with Gasteiger partial charge in [-0.05, 0) is 44.5 Å². The number of aromatic nitrogens is 1. The first-order chi connectivity index (χ1) is 9.11. The van der Waals surface area contributed by atoms with Crippen molar-refractivity contribution >= 4 is 11.5 Å². The Kier molecular flexibility index (Phi) is 4.17. The van der Waals surface area contributed by atoms with Crippen molar-refractivity contribution in [2.75, 3.05) is 11.4 Å². The van der Waals surface area contributed by atoms with Gasteiger partial charge in [-0.15, -0.1) is 0 Å². The summed E-state index contributed by atoms with van der Waals surface area (Å²) in [7, 11) is 0. The van der Waals surface area contributed by atoms with Crippen LogP contribution >= 0.6 is 0 Å². The molecule has 1 aromatic carbocycles. The Bertz CT molecular complexity index is 515. The zero-order valence-electron chi connectivity index (χ0n) is 11.8. The maximum Gasteiger partial charge on any atom is 0.132 e. The molecule has 0 aliphatic heterocycles. The SMILES string of the molecule is CCN(c1ccc(C)cc1)c1ccc(C(C)N)cn1. The van der Waals surface area contributed by atoms with E-state index in [0.29, 0.717) is 0 Å². The van der Waals surface area contributed by atoms with Gasteiger partial charge in [0.15, 0.2) is 0 Å². The standard InChI is InChI=1S/C16H21N3/c1-4-19(15-8-5-12(2)6-9-15)16-10-7-14(11-18-16)13(3)17/h5-11,13H,4,17H2,1-3H3. The molecule has 2 N–H and O–H groups in total. The molecule has 1 unspecified atom stereocenters. The maximum atomic E-state index is 5.85. The Hall–Kier alpha value is -1.87. The van der Waals surface area contributed by atoms with Gasteiger partial charge in [0.25, 0.3) is 0 Å². The number of nitrogens with zero attached hydrogens (tertiary/aromatic N) is 2. The Morgan fingerprint density at radius 3 is 2.32 bits per heavy atom. The minimum atomic E-state index is 0.0241. The zero-order valence-corrected chi connectivity index (χ0v) is 11.8. The molecule has 0 aliphatic carbocycles. The van der Waals surface area contributed by atoms with Crippen LogP contribution in [0.2, 0.25) is 0 Å². The molecular weight excluding hydrogens is 234 g/mol. The minimum Gasteiger partial charge on any atom is -0.327 e. The molecule has 0 spiro atoms. The highest BCUT2D eigenvalue weighted by Gasteiger charge is 2.09. The van der Waals surface area contributed by atoms with Crippen LogP contribution in [0.25, 0.3) is 0 Å². The summed E-state index contributed by atoms with van der Waals surface area (Å²) in [6.45, 7) is 7.07. The summed E-state index contributed by atoms with van der Waals surface area (Å²) in [5.41, 5.74) is 9.33. The topological polar surface area (TPSA) is 42.1 Å². The average molecular weight is 255 g/mol. The second-order valence-corrected chi connectivity index (χ2v) is 4.82. The monoisotopic (exact) mass is 255 g/mol. The Morgan fingerprint density at radius 2 is 1.84 bits per heavy atom. The molecule has 1 heterocycles. The molecule has 2 aromatic rings. The van der Waals surface area contributed by atoms with Crippen LogP contribution in [-0.2, 0) is 0 Å². The van der Waals surface area contributed by atoms with Crippen molar-refractivity contribution in [3.8, 4) is 0 Å². The maximum absolute atomic E-state index is 5.85. The number of nitrogens with two attached hydrogens (primary N) is 1. The van der Waals surface area contributed by atoms with E-state index in [1.165, 1.54) is 5.56 Å². The number of aryl methyl sites for hydroxylation is 1. The van der Waals surface area contributed by atoms with Gasteiger partial charge in [0.1, 0.15) is 5.82 Å². The summed E-state index contributed by atoms with van der Waals surface area (Å²) < 4.78 is 0. The summed E-state index contributed by atoms with van der Waals surface area (Å²) in [6, 6.07) is 12.6. The number of hydrogen-bond acceptors (Lipinski definition) is 3. The van der Waals surface area contributed by atoms with E-state index in [4.69, 9.17) is 5.73 Å². The summed E-state index contributed by atoms with van der Waals surface area (Å²) in [5, 5.41) is 0. The smallest absolute Gasteiger partial charge is 0.132 e. The molecule has 3 heteroatoms. The van der Waals surface area contributed by atoms with Gasteiger partial charge in [0.05, 0.1) is 0 Å². The molecule has 0 amide bonds. The molecule has 0 radical (unpaired) electrons. The highest BCUT2D eigenvalue weighted by Crippen LogP contribution is 2.24. The molecule has 0 aliphatic rings. The molecule has 0 saturated carbocycles. The number of anilines is 2. The van der Waals surface area contributed by atoms with Crippen LogP contribution in [-0.4, -0.2) is 11.5 Å². The van der Waals surface area contributed by atoms with Crippen molar-refractivity contribution in [3.05, 3.63) is 53.7 Å². The highest BCUT2D eigenvalue weighted by molar-refractivity contribution is 5.60. The molecule has 19 heavy (non-hydrogen) atoms. The molecule has 1 atom stereocenters. The first-order valence-corrected chi connectivity index (χ1v) is 6.67. The van der Waals surface area contributed by atoms with E-state index in [0.717, 1.165) is 23.6 Å². The number of benzene rings is 1. The fourth-order valence-electron chi connectivity index (χ4n) is 2.03. The van der Waals surface area contributed by atoms with Gasteiger partial charge < -0.3 is 10.6 Å². The lowest BCUT2D eigenvalue weighted by Crippen LogP contribution is -2.17. The first-order valence-electron chi connectivity index (χ1n) is 6.67. The first kappa shape index (κ1) is 13.6. The minimum absolute atomic E-state index is 0.0241. The highest BCUT2D eigenvalue weighted by atomic mass is 15.2. The van der Waals surface area contributed by atoms with E-state index in [1.54, 1.807) is 0 Å². The van der Waals surface area contributed by atoms with Crippen molar-refractivity contribution in [2.45, 2.75) is 26.8 Å².